The van der Waals surface area contributed by atoms with Crippen LogP contribution in [0.3, 0.4) is 0 Å². The maximum absolute atomic E-state index is 12.9. The highest BCUT2D eigenvalue weighted by molar-refractivity contribution is 6.05. The summed E-state index contributed by atoms with van der Waals surface area (Å²) in [6.07, 6.45) is 6.45. The second kappa shape index (κ2) is 8.01. The van der Waals surface area contributed by atoms with Crippen molar-refractivity contribution in [3.05, 3.63) is 34.9 Å². The lowest BCUT2D eigenvalue weighted by Gasteiger charge is -2.29. The molecule has 4 rings (SSSR count). The summed E-state index contributed by atoms with van der Waals surface area (Å²) in [5, 5.41) is 5.91. The number of amides is 3. The molecule has 2 aliphatic heterocycles. The van der Waals surface area contributed by atoms with E-state index >= 15 is 0 Å². The first kappa shape index (κ1) is 19.1. The van der Waals surface area contributed by atoms with Crippen LogP contribution in [-0.2, 0) is 22.7 Å². The molecule has 1 aromatic rings. The topological polar surface area (TPSA) is 105 Å². The molecule has 4 N–H and O–H groups in total. The lowest BCUT2D eigenvalue weighted by atomic mass is 10.0. The molecule has 0 spiro atoms. The number of benzene rings is 1. The number of hydrogen-bond acceptors (Lipinski definition) is 5. The minimum atomic E-state index is -0.567. The number of nitrogens with one attached hydrogen (secondary N) is 2. The average Bonchev–Trinajstić information content (AvgIpc) is 2.85. The van der Waals surface area contributed by atoms with Crippen molar-refractivity contribution in [2.75, 3.05) is 0 Å². The fourth-order valence-electron chi connectivity index (χ4n) is 4.55. The van der Waals surface area contributed by atoms with Gasteiger partial charge in [0.25, 0.3) is 5.91 Å². The summed E-state index contributed by atoms with van der Waals surface area (Å²) in [5.41, 5.74) is 8.94. The van der Waals surface area contributed by atoms with E-state index in [2.05, 4.69) is 10.6 Å². The molecule has 1 unspecified atom stereocenters. The number of hydrogen-bond donors (Lipinski definition) is 3. The summed E-state index contributed by atoms with van der Waals surface area (Å²) in [6.45, 7) is 1.10. The smallest absolute Gasteiger partial charge is 0.255 e. The molecule has 2 fully saturated rings. The molecule has 3 atom stereocenters. The van der Waals surface area contributed by atoms with Crippen molar-refractivity contribution in [1.29, 1.82) is 0 Å². The van der Waals surface area contributed by atoms with Gasteiger partial charge in [-0.3, -0.25) is 19.7 Å². The maximum atomic E-state index is 12.9. The quantitative estimate of drug-likeness (QED) is 0.534. The Kier molecular flexibility index (Phi) is 5.46. The Bertz CT molecular complexity index is 794. The zero-order valence-electron chi connectivity index (χ0n) is 16.1. The van der Waals surface area contributed by atoms with Gasteiger partial charge in [0, 0.05) is 37.2 Å². The number of nitrogens with zero attached hydrogens (tertiary/aromatic N) is 1. The van der Waals surface area contributed by atoms with Crippen molar-refractivity contribution in [3.63, 3.8) is 0 Å². The van der Waals surface area contributed by atoms with E-state index < -0.39 is 6.04 Å². The van der Waals surface area contributed by atoms with E-state index in [1.807, 2.05) is 18.2 Å². The van der Waals surface area contributed by atoms with Gasteiger partial charge < -0.3 is 16.0 Å². The van der Waals surface area contributed by atoms with E-state index in [-0.39, 0.29) is 30.2 Å². The molecular weight excluding hydrogens is 356 g/mol. The molecular formula is C21H28N4O3. The number of rotatable bonds is 4. The van der Waals surface area contributed by atoms with Gasteiger partial charge in [0.15, 0.2) is 0 Å². The Labute approximate surface area is 165 Å². The van der Waals surface area contributed by atoms with Crippen LogP contribution < -0.4 is 16.4 Å². The molecule has 28 heavy (non-hydrogen) atoms. The molecule has 150 valence electrons. The molecule has 3 aliphatic rings. The number of carbonyl (C=O) groups is 3. The Balaban J connectivity index is 1.42. The van der Waals surface area contributed by atoms with Gasteiger partial charge in [0.2, 0.25) is 11.8 Å². The highest BCUT2D eigenvalue weighted by Gasteiger charge is 2.39. The van der Waals surface area contributed by atoms with Crippen LogP contribution in [0.25, 0.3) is 0 Å². The SMILES string of the molecule is N[C@@H]1CCCCC[C@H]1NCc1ccc2c(c1)C(=O)N(C1CCC(=O)NC1=O)C2. The van der Waals surface area contributed by atoms with E-state index in [9.17, 15) is 14.4 Å². The minimum Gasteiger partial charge on any atom is -0.326 e. The summed E-state index contributed by atoms with van der Waals surface area (Å²) in [4.78, 5) is 38.0. The number of fused-ring (bicyclic) bond motifs is 1. The molecule has 7 nitrogen and oxygen atoms in total. The van der Waals surface area contributed by atoms with Crippen molar-refractivity contribution in [2.45, 2.75) is 76.2 Å². The van der Waals surface area contributed by atoms with Crippen LogP contribution in [-0.4, -0.2) is 40.7 Å². The normalized spacial score (nSPS) is 28.1. The third kappa shape index (κ3) is 3.82. The van der Waals surface area contributed by atoms with Crippen molar-refractivity contribution < 1.29 is 14.4 Å². The monoisotopic (exact) mass is 384 g/mol. The van der Waals surface area contributed by atoms with E-state index in [0.29, 0.717) is 31.1 Å². The molecule has 0 radical (unpaired) electrons. The largest absolute Gasteiger partial charge is 0.326 e. The Morgan fingerprint density at radius 1 is 1.11 bits per heavy atom. The fourth-order valence-corrected chi connectivity index (χ4v) is 4.55. The Hall–Kier alpha value is -2.25. The maximum Gasteiger partial charge on any atom is 0.255 e. The number of piperidine rings is 1. The minimum absolute atomic E-state index is 0.127. The van der Waals surface area contributed by atoms with Crippen LogP contribution in [0, 0.1) is 0 Å². The van der Waals surface area contributed by atoms with Crippen LogP contribution in [0.4, 0.5) is 0 Å². The highest BCUT2D eigenvalue weighted by atomic mass is 16.2. The van der Waals surface area contributed by atoms with Crippen LogP contribution in [0.5, 0.6) is 0 Å². The number of nitrogens with two attached hydrogens (primary N) is 1. The molecule has 1 aromatic carbocycles. The lowest BCUT2D eigenvalue weighted by molar-refractivity contribution is -0.136. The first-order valence-electron chi connectivity index (χ1n) is 10.3. The first-order valence-corrected chi connectivity index (χ1v) is 10.3. The second-order valence-electron chi connectivity index (χ2n) is 8.18. The molecule has 0 bridgehead atoms. The molecule has 1 saturated heterocycles. The van der Waals surface area contributed by atoms with Gasteiger partial charge in [-0.1, -0.05) is 31.4 Å². The van der Waals surface area contributed by atoms with Crippen molar-refractivity contribution in [3.8, 4) is 0 Å². The van der Waals surface area contributed by atoms with E-state index in [4.69, 9.17) is 5.73 Å². The Morgan fingerprint density at radius 2 is 1.93 bits per heavy atom. The zero-order valence-corrected chi connectivity index (χ0v) is 16.1. The summed E-state index contributed by atoms with van der Waals surface area (Å²) in [6, 6.07) is 5.87. The predicted molar refractivity (Wildman–Crippen MR) is 104 cm³/mol. The van der Waals surface area contributed by atoms with Gasteiger partial charge in [-0.2, -0.15) is 0 Å². The van der Waals surface area contributed by atoms with Gasteiger partial charge in [-0.25, -0.2) is 0 Å². The van der Waals surface area contributed by atoms with E-state index in [0.717, 1.165) is 24.0 Å². The van der Waals surface area contributed by atoms with Crippen LogP contribution in [0.1, 0.15) is 66.4 Å². The lowest BCUT2D eigenvalue weighted by Crippen LogP contribution is -2.52. The molecule has 0 aromatic heterocycles. The van der Waals surface area contributed by atoms with Crippen molar-refractivity contribution in [1.82, 2.24) is 15.5 Å². The Morgan fingerprint density at radius 3 is 2.75 bits per heavy atom. The molecule has 3 amide bonds. The highest BCUT2D eigenvalue weighted by Crippen LogP contribution is 2.28. The zero-order chi connectivity index (χ0) is 19.7. The van der Waals surface area contributed by atoms with E-state index in [1.165, 1.54) is 19.3 Å². The average molecular weight is 384 g/mol. The van der Waals surface area contributed by atoms with Gasteiger partial charge in [-0.05, 0) is 36.5 Å². The van der Waals surface area contributed by atoms with Crippen LogP contribution in [0.15, 0.2) is 18.2 Å². The van der Waals surface area contributed by atoms with Gasteiger partial charge in [-0.15, -0.1) is 0 Å². The third-order valence-corrected chi connectivity index (χ3v) is 6.23. The standard InChI is InChI=1S/C21H28N4O3/c22-16-4-2-1-3-5-17(16)23-11-13-6-7-14-12-25(21(28)15(14)10-13)18-8-9-19(26)24-20(18)27/h6-7,10,16-18,23H,1-5,8-9,11-12,22H2,(H,24,26,27)/t16-,17-,18?/m1/s1. The predicted octanol–water partition coefficient (Wildman–Crippen LogP) is 1.20. The number of carbonyl (C=O) groups excluding carboxylic acids is 3. The summed E-state index contributed by atoms with van der Waals surface area (Å²) >= 11 is 0. The van der Waals surface area contributed by atoms with Gasteiger partial charge in [0.05, 0.1) is 0 Å². The van der Waals surface area contributed by atoms with Gasteiger partial charge in [0.1, 0.15) is 6.04 Å². The summed E-state index contributed by atoms with van der Waals surface area (Å²) in [5.74, 6) is -0.769. The second-order valence-corrected chi connectivity index (χ2v) is 8.18. The summed E-state index contributed by atoms with van der Waals surface area (Å²) < 4.78 is 0. The molecule has 7 heteroatoms. The van der Waals surface area contributed by atoms with E-state index in [1.54, 1.807) is 4.90 Å². The molecule has 2 heterocycles. The van der Waals surface area contributed by atoms with Crippen LogP contribution >= 0.6 is 0 Å². The molecule has 1 aliphatic carbocycles. The van der Waals surface area contributed by atoms with Gasteiger partial charge >= 0.3 is 0 Å². The van der Waals surface area contributed by atoms with Crippen LogP contribution in [0.2, 0.25) is 0 Å². The first-order chi connectivity index (χ1) is 13.5. The number of imide groups is 1. The third-order valence-electron chi connectivity index (χ3n) is 6.23. The van der Waals surface area contributed by atoms with Crippen molar-refractivity contribution in [2.24, 2.45) is 5.73 Å². The molecule has 1 saturated carbocycles. The van der Waals surface area contributed by atoms with Crippen molar-refractivity contribution >= 4 is 17.7 Å². The summed E-state index contributed by atoms with van der Waals surface area (Å²) in [7, 11) is 0. The fraction of sp³-hybridized carbons (Fsp3) is 0.571.